The highest BCUT2D eigenvalue weighted by molar-refractivity contribution is 5.86. The summed E-state index contributed by atoms with van der Waals surface area (Å²) in [5.74, 6) is -1.59. The summed E-state index contributed by atoms with van der Waals surface area (Å²) in [7, 11) is 0. The van der Waals surface area contributed by atoms with E-state index in [1.165, 1.54) is 0 Å². The molecule has 3 atom stereocenters. The Morgan fingerprint density at radius 2 is 1.67 bits per heavy atom. The van der Waals surface area contributed by atoms with Crippen molar-refractivity contribution in [1.29, 1.82) is 0 Å². The number of hydrogen-bond donors (Lipinski definition) is 3. The van der Waals surface area contributed by atoms with E-state index in [2.05, 4.69) is 34.9 Å². The van der Waals surface area contributed by atoms with Crippen LogP contribution in [0.25, 0.3) is 11.1 Å². The van der Waals surface area contributed by atoms with Crippen molar-refractivity contribution in [2.45, 2.75) is 57.0 Å². The minimum atomic E-state index is -0.825. The molecule has 0 bridgehead atoms. The molecule has 4 rings (SSSR count). The minimum Gasteiger partial charge on any atom is -0.481 e. The predicted molar refractivity (Wildman–Crippen MR) is 124 cm³/mol. The van der Waals surface area contributed by atoms with Crippen molar-refractivity contribution in [2.24, 2.45) is 5.92 Å². The first-order valence-electron chi connectivity index (χ1n) is 11.6. The number of aliphatic carboxylic acids is 1. The van der Waals surface area contributed by atoms with Crippen LogP contribution in [0.5, 0.6) is 0 Å². The summed E-state index contributed by atoms with van der Waals surface area (Å²) in [6, 6.07) is 15.3. The van der Waals surface area contributed by atoms with Gasteiger partial charge in [0.05, 0.1) is 5.92 Å². The van der Waals surface area contributed by atoms with Crippen molar-refractivity contribution in [3.8, 4) is 11.1 Å². The first-order valence-corrected chi connectivity index (χ1v) is 11.6. The van der Waals surface area contributed by atoms with Gasteiger partial charge in [-0.25, -0.2) is 4.79 Å². The van der Waals surface area contributed by atoms with Crippen molar-refractivity contribution >= 4 is 18.0 Å². The predicted octanol–water partition coefficient (Wildman–Crippen LogP) is 4.06. The second kappa shape index (κ2) is 10.1. The van der Waals surface area contributed by atoms with Crippen molar-refractivity contribution in [1.82, 2.24) is 10.6 Å². The third kappa shape index (κ3) is 5.02. The lowest BCUT2D eigenvalue weighted by atomic mass is 9.98. The van der Waals surface area contributed by atoms with Gasteiger partial charge in [-0.15, -0.1) is 0 Å². The fourth-order valence-electron chi connectivity index (χ4n) is 4.98. The van der Waals surface area contributed by atoms with Crippen LogP contribution >= 0.6 is 0 Å². The van der Waals surface area contributed by atoms with Crippen molar-refractivity contribution < 1.29 is 24.2 Å². The molecule has 2 unspecified atom stereocenters. The number of carbonyl (C=O) groups is 3. The van der Waals surface area contributed by atoms with Gasteiger partial charge >= 0.3 is 12.1 Å². The van der Waals surface area contributed by atoms with E-state index in [1.807, 2.05) is 31.2 Å². The number of carboxylic acid groups (broad SMARTS) is 1. The molecule has 2 aromatic rings. The third-order valence-corrected chi connectivity index (χ3v) is 6.66. The van der Waals surface area contributed by atoms with Gasteiger partial charge in [-0.2, -0.15) is 0 Å². The molecule has 2 aliphatic carbocycles. The number of ether oxygens (including phenoxy) is 1. The van der Waals surface area contributed by atoms with Gasteiger partial charge in [0.25, 0.3) is 0 Å². The Balaban J connectivity index is 1.35. The van der Waals surface area contributed by atoms with E-state index in [0.717, 1.165) is 22.3 Å². The Hall–Kier alpha value is -3.35. The average Bonchev–Trinajstić information content (AvgIpc) is 3.40. The monoisotopic (exact) mass is 450 g/mol. The smallest absolute Gasteiger partial charge is 0.407 e. The molecule has 1 saturated carbocycles. The number of carboxylic acids is 1. The fourth-order valence-corrected chi connectivity index (χ4v) is 4.98. The minimum absolute atomic E-state index is 0.0481. The van der Waals surface area contributed by atoms with Crippen molar-refractivity contribution in [3.05, 3.63) is 59.7 Å². The Morgan fingerprint density at radius 3 is 2.24 bits per heavy atom. The zero-order valence-corrected chi connectivity index (χ0v) is 18.8. The Kier molecular flexibility index (Phi) is 6.96. The molecular weight excluding hydrogens is 420 g/mol. The molecule has 0 aliphatic heterocycles. The molecule has 0 spiro atoms. The normalized spacial score (nSPS) is 19.9. The highest BCUT2D eigenvalue weighted by Crippen LogP contribution is 2.44. The van der Waals surface area contributed by atoms with Crippen LogP contribution in [0.2, 0.25) is 0 Å². The maximum absolute atomic E-state index is 12.8. The van der Waals surface area contributed by atoms with Gasteiger partial charge in [0.15, 0.2) is 0 Å². The summed E-state index contributed by atoms with van der Waals surface area (Å²) < 4.78 is 5.58. The van der Waals surface area contributed by atoms with E-state index in [0.29, 0.717) is 32.1 Å². The largest absolute Gasteiger partial charge is 0.481 e. The van der Waals surface area contributed by atoms with Gasteiger partial charge in [-0.1, -0.05) is 61.9 Å². The molecule has 0 aromatic heterocycles. The average molecular weight is 451 g/mol. The lowest BCUT2D eigenvalue weighted by molar-refractivity contribution is -0.141. The molecule has 0 radical (unpaired) electrons. The zero-order chi connectivity index (χ0) is 23.4. The molecule has 33 heavy (non-hydrogen) atoms. The second-order valence-electron chi connectivity index (χ2n) is 8.86. The van der Waals surface area contributed by atoms with Crippen LogP contribution in [0.4, 0.5) is 4.79 Å². The van der Waals surface area contributed by atoms with E-state index in [4.69, 9.17) is 9.84 Å². The van der Waals surface area contributed by atoms with E-state index >= 15 is 0 Å². The highest BCUT2D eigenvalue weighted by atomic mass is 16.5. The Bertz CT molecular complexity index is 991. The molecule has 2 aromatic carbocycles. The second-order valence-corrected chi connectivity index (χ2v) is 8.86. The van der Waals surface area contributed by atoms with Crippen LogP contribution in [0, 0.1) is 5.92 Å². The topological polar surface area (TPSA) is 105 Å². The Morgan fingerprint density at radius 1 is 1.03 bits per heavy atom. The number of rotatable bonds is 8. The number of nitrogens with one attached hydrogen (secondary N) is 2. The summed E-state index contributed by atoms with van der Waals surface area (Å²) >= 11 is 0. The van der Waals surface area contributed by atoms with Gasteiger partial charge in [0.2, 0.25) is 5.91 Å². The summed E-state index contributed by atoms with van der Waals surface area (Å²) in [6.07, 6.45) is 2.17. The van der Waals surface area contributed by atoms with Crippen LogP contribution in [0.15, 0.2) is 48.5 Å². The molecule has 174 valence electrons. The quantitative estimate of drug-likeness (QED) is 0.563. The van der Waals surface area contributed by atoms with Crippen LogP contribution < -0.4 is 10.6 Å². The number of carbonyl (C=O) groups excluding carboxylic acids is 2. The maximum Gasteiger partial charge on any atom is 0.407 e. The number of benzene rings is 2. The number of alkyl carbamates (subject to hydrolysis) is 1. The van der Waals surface area contributed by atoms with Gasteiger partial charge in [0, 0.05) is 12.0 Å². The number of amides is 2. The van der Waals surface area contributed by atoms with Gasteiger partial charge in [-0.05, 0) is 47.9 Å². The lowest BCUT2D eigenvalue weighted by Crippen LogP contribution is -2.49. The molecule has 3 N–H and O–H groups in total. The number of fused-ring (bicyclic) bond motifs is 3. The zero-order valence-electron chi connectivity index (χ0n) is 18.8. The molecule has 1 fully saturated rings. The van der Waals surface area contributed by atoms with Crippen LogP contribution in [-0.2, 0) is 14.3 Å². The lowest BCUT2D eigenvalue weighted by Gasteiger charge is -2.21. The standard InChI is InChI=1S/C26H30N2O5/c1-2-7-23(24(29)27-17-13-12-16(14-17)25(30)31)28-26(32)33-15-22-20-10-5-3-8-18(20)19-9-4-6-11-21(19)22/h3-6,8-11,16-17,22-23H,2,7,12-15H2,1H3,(H,27,29)(H,28,32)(H,30,31)/t16?,17?,23-/m1/s1. The van der Waals surface area contributed by atoms with Crippen molar-refractivity contribution in [3.63, 3.8) is 0 Å². The summed E-state index contributed by atoms with van der Waals surface area (Å²) in [6.45, 7) is 2.12. The first kappa shape index (κ1) is 22.8. The molecule has 7 nitrogen and oxygen atoms in total. The molecule has 2 aliphatic rings. The molecule has 2 amide bonds. The third-order valence-electron chi connectivity index (χ3n) is 6.66. The van der Waals surface area contributed by atoms with Gasteiger partial charge < -0.3 is 20.5 Å². The first-order chi connectivity index (χ1) is 16.0. The van der Waals surface area contributed by atoms with Crippen LogP contribution in [0.1, 0.15) is 56.1 Å². The molecule has 0 saturated heterocycles. The Labute approximate surface area is 193 Å². The summed E-state index contributed by atoms with van der Waals surface area (Å²) in [5, 5.41) is 14.8. The van der Waals surface area contributed by atoms with Gasteiger partial charge in [0.1, 0.15) is 12.6 Å². The van der Waals surface area contributed by atoms with E-state index in [9.17, 15) is 14.4 Å². The molecule has 7 heteroatoms. The molecular formula is C26H30N2O5. The van der Waals surface area contributed by atoms with Gasteiger partial charge in [-0.3, -0.25) is 9.59 Å². The van der Waals surface area contributed by atoms with E-state index < -0.39 is 24.0 Å². The molecule has 0 heterocycles. The van der Waals surface area contributed by atoms with E-state index in [1.54, 1.807) is 0 Å². The van der Waals surface area contributed by atoms with Crippen LogP contribution in [0.3, 0.4) is 0 Å². The SMILES string of the molecule is CCC[C@@H](NC(=O)OCC1c2ccccc2-c2ccccc21)C(=O)NC1CCC(C(=O)O)C1. The highest BCUT2D eigenvalue weighted by Gasteiger charge is 2.33. The number of hydrogen-bond acceptors (Lipinski definition) is 4. The summed E-state index contributed by atoms with van der Waals surface area (Å²) in [5.41, 5.74) is 4.57. The van der Waals surface area contributed by atoms with E-state index in [-0.39, 0.29) is 24.5 Å². The summed E-state index contributed by atoms with van der Waals surface area (Å²) in [4.78, 5) is 36.5. The van der Waals surface area contributed by atoms with Crippen LogP contribution in [-0.4, -0.2) is 41.8 Å². The maximum atomic E-state index is 12.8. The van der Waals surface area contributed by atoms with Crippen molar-refractivity contribution in [2.75, 3.05) is 6.61 Å². The fraction of sp³-hybridized carbons (Fsp3) is 0.423.